The number of H-pyrrole nitrogens is 1. The molecule has 0 bridgehead atoms. The first-order chi connectivity index (χ1) is 12.7. The number of hydrogen-bond acceptors (Lipinski definition) is 4. The van der Waals surface area contributed by atoms with Gasteiger partial charge in [-0.3, -0.25) is 14.6 Å². The number of aromatic nitrogens is 2. The van der Waals surface area contributed by atoms with Crippen molar-refractivity contribution in [1.82, 2.24) is 15.3 Å². The van der Waals surface area contributed by atoms with Crippen LogP contribution in [0.4, 0.5) is 0 Å². The molecule has 6 heteroatoms. The number of pyridine rings is 2. The second kappa shape index (κ2) is 7.99. The average molecular weight is 347 g/mol. The summed E-state index contributed by atoms with van der Waals surface area (Å²) in [6, 6.07) is 10.5. The van der Waals surface area contributed by atoms with Gasteiger partial charge in [-0.25, -0.2) is 0 Å². The van der Waals surface area contributed by atoms with E-state index in [0.29, 0.717) is 6.61 Å². The lowest BCUT2D eigenvalue weighted by Gasteiger charge is -2.06. The van der Waals surface area contributed by atoms with Crippen LogP contribution < -0.4 is 15.6 Å². The molecule has 0 aliphatic rings. The third-order valence-corrected chi connectivity index (χ3v) is 3.63. The Kier molecular flexibility index (Phi) is 5.30. The Morgan fingerprint density at radius 1 is 1.31 bits per heavy atom. The molecule has 130 valence electrons. The number of fused-ring (bicyclic) bond motifs is 1. The molecule has 6 nitrogen and oxygen atoms in total. The average Bonchev–Trinajstić information content (AvgIpc) is 2.66. The molecule has 1 aromatic carbocycles. The predicted molar refractivity (Wildman–Crippen MR) is 99.2 cm³/mol. The molecular formula is C20H17N3O3. The maximum Gasteiger partial charge on any atom is 0.260 e. The lowest BCUT2D eigenvalue weighted by molar-refractivity contribution is 0.0957. The summed E-state index contributed by atoms with van der Waals surface area (Å²) in [4.78, 5) is 30.3. The van der Waals surface area contributed by atoms with Crippen LogP contribution in [-0.2, 0) is 0 Å². The fraction of sp³-hybridized carbons (Fsp3) is 0.150. The number of carbonyl (C=O) groups excluding carboxylic acids is 1. The summed E-state index contributed by atoms with van der Waals surface area (Å²) >= 11 is 0. The largest absolute Gasteiger partial charge is 0.493 e. The summed E-state index contributed by atoms with van der Waals surface area (Å²) in [6.07, 6.45) is 3.18. The predicted octanol–water partition coefficient (Wildman–Crippen LogP) is 2.10. The minimum absolute atomic E-state index is 0.0624. The first kappa shape index (κ1) is 17.2. The zero-order valence-electron chi connectivity index (χ0n) is 14.2. The van der Waals surface area contributed by atoms with Gasteiger partial charge in [0.1, 0.15) is 11.3 Å². The van der Waals surface area contributed by atoms with Crippen LogP contribution in [0, 0.1) is 11.8 Å². The van der Waals surface area contributed by atoms with E-state index < -0.39 is 11.5 Å². The first-order valence-electron chi connectivity index (χ1n) is 8.15. The number of nitrogens with zero attached hydrogens (tertiary/aromatic N) is 1. The highest BCUT2D eigenvalue weighted by Crippen LogP contribution is 2.24. The third-order valence-electron chi connectivity index (χ3n) is 3.63. The molecule has 2 aromatic heterocycles. The van der Waals surface area contributed by atoms with E-state index in [1.54, 1.807) is 12.3 Å². The van der Waals surface area contributed by atoms with Crippen LogP contribution in [0.5, 0.6) is 5.75 Å². The van der Waals surface area contributed by atoms with Crippen LogP contribution >= 0.6 is 0 Å². The van der Waals surface area contributed by atoms with Gasteiger partial charge in [-0.15, -0.1) is 0 Å². The first-order valence-corrected chi connectivity index (χ1v) is 8.15. The number of ether oxygens (including phenoxy) is 1. The normalized spacial score (nSPS) is 10.0. The van der Waals surface area contributed by atoms with Crippen molar-refractivity contribution < 1.29 is 9.53 Å². The summed E-state index contributed by atoms with van der Waals surface area (Å²) in [5.41, 5.74) is 1.26. The molecule has 0 fully saturated rings. The Morgan fingerprint density at radius 3 is 3.00 bits per heavy atom. The van der Waals surface area contributed by atoms with Gasteiger partial charge in [0.25, 0.3) is 11.5 Å². The smallest absolute Gasteiger partial charge is 0.260 e. The summed E-state index contributed by atoms with van der Waals surface area (Å²) in [7, 11) is 0. The molecule has 2 N–H and O–H groups in total. The van der Waals surface area contributed by atoms with Crippen LogP contribution in [0.15, 0.2) is 53.6 Å². The lowest BCUT2D eigenvalue weighted by Crippen LogP contribution is -2.29. The third kappa shape index (κ3) is 3.90. The molecule has 2 heterocycles. The summed E-state index contributed by atoms with van der Waals surface area (Å²) < 4.78 is 5.61. The van der Waals surface area contributed by atoms with Gasteiger partial charge < -0.3 is 15.0 Å². The van der Waals surface area contributed by atoms with Gasteiger partial charge in [-0.1, -0.05) is 11.8 Å². The van der Waals surface area contributed by atoms with Gasteiger partial charge in [0.15, 0.2) is 0 Å². The fourth-order valence-corrected chi connectivity index (χ4v) is 2.45. The highest BCUT2D eigenvalue weighted by molar-refractivity contribution is 5.93. The highest BCUT2D eigenvalue weighted by atomic mass is 16.5. The molecule has 0 radical (unpaired) electrons. The van der Waals surface area contributed by atoms with E-state index in [-0.39, 0.29) is 12.1 Å². The van der Waals surface area contributed by atoms with E-state index in [2.05, 4.69) is 27.1 Å². The number of nitrogens with one attached hydrogen (secondary N) is 2. The summed E-state index contributed by atoms with van der Waals surface area (Å²) in [5, 5.41) is 3.50. The Labute approximate surface area is 150 Å². The fourth-order valence-electron chi connectivity index (χ4n) is 2.45. The second-order valence-corrected chi connectivity index (χ2v) is 5.37. The van der Waals surface area contributed by atoms with Crippen LogP contribution in [0.1, 0.15) is 22.8 Å². The standard InChI is InChI=1S/C20H17N3O3/c1-2-26-18-9-12-21-17-8-7-14(13-16(17)18)5-3-10-22-19(24)15-6-4-11-23-20(15)25/h4,6-9,11-13H,2,10H2,1H3,(H,22,24)(H,23,25). The number of hydrogen-bond donors (Lipinski definition) is 2. The van der Waals surface area contributed by atoms with Gasteiger partial charge in [-0.05, 0) is 43.3 Å². The van der Waals surface area contributed by atoms with E-state index in [4.69, 9.17) is 4.74 Å². The number of benzene rings is 1. The Balaban J connectivity index is 1.72. The Bertz CT molecular complexity index is 1060. The second-order valence-electron chi connectivity index (χ2n) is 5.37. The molecule has 3 aromatic rings. The van der Waals surface area contributed by atoms with Crippen molar-refractivity contribution in [2.24, 2.45) is 0 Å². The number of rotatable bonds is 4. The van der Waals surface area contributed by atoms with Crippen molar-refractivity contribution in [3.63, 3.8) is 0 Å². The van der Waals surface area contributed by atoms with Crippen LogP contribution in [0.3, 0.4) is 0 Å². The zero-order valence-corrected chi connectivity index (χ0v) is 14.2. The van der Waals surface area contributed by atoms with Gasteiger partial charge in [0, 0.05) is 23.3 Å². The number of amides is 1. The van der Waals surface area contributed by atoms with Crippen LogP contribution in [0.25, 0.3) is 10.9 Å². The molecule has 1 amide bonds. The van der Waals surface area contributed by atoms with Gasteiger partial charge >= 0.3 is 0 Å². The molecule has 26 heavy (non-hydrogen) atoms. The maximum atomic E-state index is 11.9. The van der Waals surface area contributed by atoms with Crippen molar-refractivity contribution in [2.75, 3.05) is 13.2 Å². The van der Waals surface area contributed by atoms with Crippen molar-refractivity contribution in [3.05, 3.63) is 70.3 Å². The molecule has 0 atom stereocenters. The van der Waals surface area contributed by atoms with Crippen molar-refractivity contribution in [3.8, 4) is 17.6 Å². The Hall–Kier alpha value is -3.59. The number of aromatic amines is 1. The Morgan fingerprint density at radius 2 is 2.19 bits per heavy atom. The minimum Gasteiger partial charge on any atom is -0.493 e. The van der Waals surface area contributed by atoms with E-state index in [9.17, 15) is 9.59 Å². The molecule has 0 saturated heterocycles. The van der Waals surface area contributed by atoms with Crippen LogP contribution in [0.2, 0.25) is 0 Å². The van der Waals surface area contributed by atoms with Crippen molar-refractivity contribution in [1.29, 1.82) is 0 Å². The number of carbonyl (C=O) groups is 1. The monoisotopic (exact) mass is 347 g/mol. The topological polar surface area (TPSA) is 84.1 Å². The highest BCUT2D eigenvalue weighted by Gasteiger charge is 2.07. The van der Waals surface area contributed by atoms with Gasteiger partial charge in [-0.2, -0.15) is 0 Å². The molecule has 0 spiro atoms. The van der Waals surface area contributed by atoms with E-state index >= 15 is 0 Å². The van der Waals surface area contributed by atoms with Crippen molar-refractivity contribution in [2.45, 2.75) is 6.92 Å². The quantitative estimate of drug-likeness (QED) is 0.708. The molecule has 0 aliphatic carbocycles. The summed E-state index contributed by atoms with van der Waals surface area (Å²) in [5.74, 6) is 6.18. The molecular weight excluding hydrogens is 330 g/mol. The maximum absolute atomic E-state index is 11.9. The van der Waals surface area contributed by atoms with Gasteiger partial charge in [0.2, 0.25) is 0 Å². The SMILES string of the molecule is CCOc1ccnc2ccc(C#CCNC(=O)c3ccc[nH]c3=O)cc12. The van der Waals surface area contributed by atoms with E-state index in [1.165, 1.54) is 12.3 Å². The molecule has 0 aliphatic heterocycles. The van der Waals surface area contributed by atoms with Crippen LogP contribution in [-0.4, -0.2) is 29.0 Å². The molecule has 0 saturated carbocycles. The summed E-state index contributed by atoms with van der Waals surface area (Å²) in [6.45, 7) is 2.63. The van der Waals surface area contributed by atoms with E-state index in [1.807, 2.05) is 31.2 Å². The zero-order chi connectivity index (χ0) is 18.4. The molecule has 3 rings (SSSR count). The van der Waals surface area contributed by atoms with Crippen molar-refractivity contribution >= 4 is 16.8 Å². The van der Waals surface area contributed by atoms with Gasteiger partial charge in [0.05, 0.1) is 18.7 Å². The molecule has 0 unspecified atom stereocenters. The van der Waals surface area contributed by atoms with E-state index in [0.717, 1.165) is 22.2 Å². The lowest BCUT2D eigenvalue weighted by atomic mass is 10.1. The minimum atomic E-state index is -0.456.